The minimum absolute atomic E-state index is 0.109. The Labute approximate surface area is 125 Å². The minimum atomic E-state index is -3.48. The van der Waals surface area contributed by atoms with Crippen LogP contribution in [0.5, 0.6) is 5.75 Å². The molecule has 2 aromatic rings. The molecule has 0 amide bonds. The highest BCUT2D eigenvalue weighted by Gasteiger charge is 2.20. The van der Waals surface area contributed by atoms with Crippen LogP contribution in [0.15, 0.2) is 41.3 Å². The van der Waals surface area contributed by atoms with Crippen LogP contribution < -0.4 is 10.5 Å². The zero-order valence-electron chi connectivity index (χ0n) is 12.4. The van der Waals surface area contributed by atoms with Gasteiger partial charge in [0.1, 0.15) is 5.75 Å². The highest BCUT2D eigenvalue weighted by atomic mass is 32.2. The number of rotatable bonds is 4. The molecule has 21 heavy (non-hydrogen) atoms. The molecule has 0 unspecified atom stereocenters. The Morgan fingerprint density at radius 3 is 2.48 bits per heavy atom. The normalized spacial score (nSPS) is 11.4. The number of aryl methyl sites for hydroxylation is 2. The molecule has 0 saturated carbocycles. The Kier molecular flexibility index (Phi) is 4.23. The maximum atomic E-state index is 12.6. The van der Waals surface area contributed by atoms with E-state index in [9.17, 15) is 8.42 Å². The zero-order chi connectivity index (χ0) is 15.6. The van der Waals surface area contributed by atoms with E-state index >= 15 is 0 Å². The number of anilines is 1. The predicted molar refractivity (Wildman–Crippen MR) is 84.2 cm³/mol. The van der Waals surface area contributed by atoms with Crippen LogP contribution in [-0.4, -0.2) is 15.5 Å². The van der Waals surface area contributed by atoms with Crippen LogP contribution >= 0.6 is 0 Å². The molecule has 112 valence electrons. The summed E-state index contributed by atoms with van der Waals surface area (Å²) in [6.45, 7) is 3.68. The van der Waals surface area contributed by atoms with E-state index in [0.717, 1.165) is 5.56 Å². The quantitative estimate of drug-likeness (QED) is 0.882. The van der Waals surface area contributed by atoms with E-state index in [4.69, 9.17) is 10.5 Å². The summed E-state index contributed by atoms with van der Waals surface area (Å²) >= 11 is 0. The summed E-state index contributed by atoms with van der Waals surface area (Å²) in [6.07, 6.45) is 0. The highest BCUT2D eigenvalue weighted by molar-refractivity contribution is 7.90. The first-order valence-electron chi connectivity index (χ1n) is 6.56. The standard InChI is InChI=1S/C16H19NO3S/c1-11-4-7-15(20-3)13(8-11)10-21(18,19)16-9-14(17)6-5-12(16)2/h4-9H,10,17H2,1-3H3. The monoisotopic (exact) mass is 305 g/mol. The summed E-state index contributed by atoms with van der Waals surface area (Å²) in [6, 6.07) is 10.4. The van der Waals surface area contributed by atoms with Crippen LogP contribution in [0.4, 0.5) is 5.69 Å². The number of hydrogen-bond donors (Lipinski definition) is 1. The van der Waals surface area contributed by atoms with Gasteiger partial charge in [0.25, 0.3) is 0 Å². The number of sulfone groups is 1. The van der Waals surface area contributed by atoms with Gasteiger partial charge in [-0.15, -0.1) is 0 Å². The Bertz CT molecular complexity index is 767. The summed E-state index contributed by atoms with van der Waals surface area (Å²) in [5, 5.41) is 0. The van der Waals surface area contributed by atoms with Crippen molar-refractivity contribution in [2.75, 3.05) is 12.8 Å². The van der Waals surface area contributed by atoms with Gasteiger partial charge in [-0.1, -0.05) is 23.8 Å². The fourth-order valence-electron chi connectivity index (χ4n) is 2.25. The molecule has 2 N–H and O–H groups in total. The van der Waals surface area contributed by atoms with Crippen molar-refractivity contribution in [3.8, 4) is 5.75 Å². The molecular formula is C16H19NO3S. The molecule has 0 atom stereocenters. The van der Waals surface area contributed by atoms with Gasteiger partial charge in [0, 0.05) is 11.3 Å². The first kappa shape index (κ1) is 15.4. The second-order valence-electron chi connectivity index (χ2n) is 5.10. The molecule has 2 aromatic carbocycles. The van der Waals surface area contributed by atoms with E-state index in [2.05, 4.69) is 0 Å². The van der Waals surface area contributed by atoms with Crippen molar-refractivity contribution in [1.82, 2.24) is 0 Å². The molecule has 0 aliphatic rings. The third-order valence-corrected chi connectivity index (χ3v) is 5.13. The van der Waals surface area contributed by atoms with Crippen molar-refractivity contribution < 1.29 is 13.2 Å². The van der Waals surface area contributed by atoms with Gasteiger partial charge in [0.05, 0.1) is 17.8 Å². The average Bonchev–Trinajstić information content (AvgIpc) is 2.41. The molecule has 0 radical (unpaired) electrons. The summed E-state index contributed by atoms with van der Waals surface area (Å²) in [4.78, 5) is 0.269. The van der Waals surface area contributed by atoms with Crippen molar-refractivity contribution in [3.63, 3.8) is 0 Å². The molecule has 0 saturated heterocycles. The molecule has 0 heterocycles. The molecule has 4 nitrogen and oxygen atoms in total. The van der Waals surface area contributed by atoms with Gasteiger partial charge in [-0.05, 0) is 37.6 Å². The first-order valence-corrected chi connectivity index (χ1v) is 8.21. The molecular weight excluding hydrogens is 286 g/mol. The molecule has 5 heteroatoms. The predicted octanol–water partition coefficient (Wildman–Crippen LogP) is 2.87. The lowest BCUT2D eigenvalue weighted by Gasteiger charge is -2.12. The number of nitrogen functional groups attached to an aromatic ring is 1. The second-order valence-corrected chi connectivity index (χ2v) is 7.06. The van der Waals surface area contributed by atoms with Crippen LogP contribution in [0.2, 0.25) is 0 Å². The largest absolute Gasteiger partial charge is 0.496 e. The maximum Gasteiger partial charge on any atom is 0.182 e. The van der Waals surface area contributed by atoms with Crippen molar-refractivity contribution in [2.45, 2.75) is 24.5 Å². The van der Waals surface area contributed by atoms with E-state index in [1.54, 1.807) is 25.1 Å². The smallest absolute Gasteiger partial charge is 0.182 e. The van der Waals surface area contributed by atoms with Crippen molar-refractivity contribution in [1.29, 1.82) is 0 Å². The van der Waals surface area contributed by atoms with Crippen molar-refractivity contribution in [2.24, 2.45) is 0 Å². The van der Waals surface area contributed by atoms with Crippen LogP contribution in [0.1, 0.15) is 16.7 Å². The molecule has 0 aliphatic heterocycles. The first-order chi connectivity index (χ1) is 9.83. The third-order valence-electron chi connectivity index (χ3n) is 3.33. The van der Waals surface area contributed by atoms with Gasteiger partial charge >= 0.3 is 0 Å². The maximum absolute atomic E-state index is 12.6. The Hall–Kier alpha value is -2.01. The average molecular weight is 305 g/mol. The summed E-state index contributed by atoms with van der Waals surface area (Å²) in [5.41, 5.74) is 8.48. The molecule has 0 aromatic heterocycles. The Morgan fingerprint density at radius 2 is 1.81 bits per heavy atom. The lowest BCUT2D eigenvalue weighted by atomic mass is 10.1. The van der Waals surface area contributed by atoms with E-state index in [0.29, 0.717) is 22.6 Å². The molecule has 2 rings (SSSR count). The van der Waals surface area contributed by atoms with Gasteiger partial charge in [-0.25, -0.2) is 8.42 Å². The molecule has 0 aliphatic carbocycles. The van der Waals surface area contributed by atoms with Crippen molar-refractivity contribution in [3.05, 3.63) is 53.1 Å². The third kappa shape index (κ3) is 3.36. The topological polar surface area (TPSA) is 69.4 Å². The van der Waals surface area contributed by atoms with E-state index in [1.807, 2.05) is 19.1 Å². The summed E-state index contributed by atoms with van der Waals surface area (Å²) < 4.78 is 30.5. The zero-order valence-corrected chi connectivity index (χ0v) is 13.2. The SMILES string of the molecule is COc1ccc(C)cc1CS(=O)(=O)c1cc(N)ccc1C. The van der Waals surface area contributed by atoms with E-state index in [-0.39, 0.29) is 10.6 Å². The minimum Gasteiger partial charge on any atom is -0.496 e. The fraction of sp³-hybridized carbons (Fsp3) is 0.250. The lowest BCUT2D eigenvalue weighted by Crippen LogP contribution is -2.08. The summed E-state index contributed by atoms with van der Waals surface area (Å²) in [5.74, 6) is 0.466. The van der Waals surface area contributed by atoms with Gasteiger partial charge in [0.15, 0.2) is 9.84 Å². The lowest BCUT2D eigenvalue weighted by molar-refractivity contribution is 0.411. The van der Waals surface area contributed by atoms with Crippen LogP contribution in [0.25, 0.3) is 0 Å². The van der Waals surface area contributed by atoms with Crippen LogP contribution in [0, 0.1) is 13.8 Å². The van der Waals surface area contributed by atoms with Gasteiger partial charge in [-0.3, -0.25) is 0 Å². The van der Waals surface area contributed by atoms with E-state index < -0.39 is 9.84 Å². The number of methoxy groups -OCH3 is 1. The van der Waals surface area contributed by atoms with Crippen LogP contribution in [-0.2, 0) is 15.6 Å². The molecule has 0 bridgehead atoms. The van der Waals surface area contributed by atoms with Gasteiger partial charge < -0.3 is 10.5 Å². The van der Waals surface area contributed by atoms with Crippen molar-refractivity contribution >= 4 is 15.5 Å². The van der Waals surface area contributed by atoms with Gasteiger partial charge in [-0.2, -0.15) is 0 Å². The number of ether oxygens (including phenoxy) is 1. The number of benzene rings is 2. The summed E-state index contributed by atoms with van der Waals surface area (Å²) in [7, 11) is -1.94. The van der Waals surface area contributed by atoms with E-state index in [1.165, 1.54) is 13.2 Å². The Morgan fingerprint density at radius 1 is 1.10 bits per heavy atom. The van der Waals surface area contributed by atoms with Crippen LogP contribution in [0.3, 0.4) is 0 Å². The number of nitrogens with two attached hydrogens (primary N) is 1. The highest BCUT2D eigenvalue weighted by Crippen LogP contribution is 2.27. The Balaban J connectivity index is 2.47. The molecule has 0 spiro atoms. The fourth-order valence-corrected chi connectivity index (χ4v) is 3.92. The number of hydrogen-bond acceptors (Lipinski definition) is 4. The molecule has 0 fully saturated rings. The van der Waals surface area contributed by atoms with Gasteiger partial charge in [0.2, 0.25) is 0 Å². The second kappa shape index (κ2) is 5.77.